The van der Waals surface area contributed by atoms with Crippen LogP contribution < -0.4 is 0 Å². The number of benzene rings is 1. The molecule has 1 aromatic heterocycles. The lowest BCUT2D eigenvalue weighted by atomic mass is 10.1. The standard InChI is InChI=1S/C14H18ClN3O/c1-17(10-14-16-7-8-18(14)2)9-13(19)11-3-5-12(15)6-4-11/h3-8,13,19H,9-10H2,1-2H3. The second-order valence-electron chi connectivity index (χ2n) is 4.72. The van der Waals surface area contributed by atoms with Crippen LogP contribution >= 0.6 is 11.6 Å². The quantitative estimate of drug-likeness (QED) is 0.913. The summed E-state index contributed by atoms with van der Waals surface area (Å²) in [7, 11) is 3.93. The van der Waals surface area contributed by atoms with Crippen molar-refractivity contribution in [1.82, 2.24) is 14.5 Å². The molecule has 102 valence electrons. The molecule has 2 rings (SSSR count). The van der Waals surface area contributed by atoms with Crippen LogP contribution in [0.4, 0.5) is 0 Å². The number of rotatable bonds is 5. The molecule has 1 heterocycles. The van der Waals surface area contributed by atoms with E-state index in [1.54, 1.807) is 18.3 Å². The summed E-state index contributed by atoms with van der Waals surface area (Å²) in [5.41, 5.74) is 0.871. The van der Waals surface area contributed by atoms with Crippen LogP contribution in [0.3, 0.4) is 0 Å². The second-order valence-corrected chi connectivity index (χ2v) is 5.15. The van der Waals surface area contributed by atoms with Gasteiger partial charge in [0, 0.05) is 31.0 Å². The van der Waals surface area contributed by atoms with Crippen molar-refractivity contribution in [2.45, 2.75) is 12.6 Å². The molecule has 0 saturated carbocycles. The van der Waals surface area contributed by atoms with E-state index >= 15 is 0 Å². The zero-order chi connectivity index (χ0) is 13.8. The molecular weight excluding hydrogens is 262 g/mol. The lowest BCUT2D eigenvalue weighted by molar-refractivity contribution is 0.122. The van der Waals surface area contributed by atoms with Crippen molar-refractivity contribution in [3.05, 3.63) is 53.1 Å². The topological polar surface area (TPSA) is 41.3 Å². The minimum absolute atomic E-state index is 0.525. The van der Waals surface area contributed by atoms with Gasteiger partial charge in [-0.3, -0.25) is 4.90 Å². The Labute approximate surface area is 118 Å². The fourth-order valence-electron chi connectivity index (χ4n) is 1.94. The first-order valence-electron chi connectivity index (χ1n) is 6.14. The summed E-state index contributed by atoms with van der Waals surface area (Å²) in [5.74, 6) is 0.978. The largest absolute Gasteiger partial charge is 0.387 e. The number of hydrogen-bond acceptors (Lipinski definition) is 3. The Morgan fingerprint density at radius 2 is 2.05 bits per heavy atom. The fraction of sp³-hybridized carbons (Fsp3) is 0.357. The summed E-state index contributed by atoms with van der Waals surface area (Å²) >= 11 is 5.83. The molecule has 0 saturated heterocycles. The summed E-state index contributed by atoms with van der Waals surface area (Å²) < 4.78 is 1.98. The van der Waals surface area contributed by atoms with Crippen molar-refractivity contribution in [2.75, 3.05) is 13.6 Å². The molecule has 1 aromatic carbocycles. The van der Waals surface area contributed by atoms with E-state index in [0.717, 1.165) is 11.4 Å². The highest BCUT2D eigenvalue weighted by molar-refractivity contribution is 6.30. The number of aromatic nitrogens is 2. The normalized spacial score (nSPS) is 12.9. The summed E-state index contributed by atoms with van der Waals surface area (Å²) in [4.78, 5) is 6.31. The number of aryl methyl sites for hydroxylation is 1. The van der Waals surface area contributed by atoms with Crippen LogP contribution in [0.5, 0.6) is 0 Å². The third kappa shape index (κ3) is 3.80. The highest BCUT2D eigenvalue weighted by atomic mass is 35.5. The first-order valence-corrected chi connectivity index (χ1v) is 6.52. The van der Waals surface area contributed by atoms with Gasteiger partial charge in [0.25, 0.3) is 0 Å². The highest BCUT2D eigenvalue weighted by Gasteiger charge is 2.12. The molecule has 19 heavy (non-hydrogen) atoms. The zero-order valence-corrected chi connectivity index (χ0v) is 11.9. The number of aliphatic hydroxyl groups is 1. The summed E-state index contributed by atoms with van der Waals surface area (Å²) in [5, 5.41) is 10.8. The Morgan fingerprint density at radius 3 is 2.63 bits per heavy atom. The van der Waals surface area contributed by atoms with Gasteiger partial charge >= 0.3 is 0 Å². The van der Waals surface area contributed by atoms with E-state index in [0.29, 0.717) is 18.1 Å². The van der Waals surface area contributed by atoms with Gasteiger partial charge in [0.2, 0.25) is 0 Å². The first kappa shape index (κ1) is 14.1. The molecule has 0 bridgehead atoms. The summed E-state index contributed by atoms with van der Waals surface area (Å²) in [6.07, 6.45) is 3.17. The predicted molar refractivity (Wildman–Crippen MR) is 76.0 cm³/mol. The van der Waals surface area contributed by atoms with Gasteiger partial charge in [-0.1, -0.05) is 23.7 Å². The molecule has 1 atom stereocenters. The van der Waals surface area contributed by atoms with Gasteiger partial charge in [-0.2, -0.15) is 0 Å². The van der Waals surface area contributed by atoms with Crippen LogP contribution in [0, 0.1) is 0 Å². The van der Waals surface area contributed by atoms with Gasteiger partial charge in [0.05, 0.1) is 12.6 Å². The number of hydrogen-bond donors (Lipinski definition) is 1. The SMILES string of the molecule is CN(Cc1nccn1C)CC(O)c1ccc(Cl)cc1. The van der Waals surface area contributed by atoms with Crippen molar-refractivity contribution in [3.8, 4) is 0 Å². The van der Waals surface area contributed by atoms with E-state index < -0.39 is 6.10 Å². The molecule has 5 heteroatoms. The van der Waals surface area contributed by atoms with Crippen LogP contribution in [0.25, 0.3) is 0 Å². The van der Waals surface area contributed by atoms with Crippen LogP contribution in [-0.4, -0.2) is 33.1 Å². The molecule has 2 aromatic rings. The maximum Gasteiger partial charge on any atom is 0.122 e. The Morgan fingerprint density at radius 1 is 1.37 bits per heavy atom. The molecule has 1 N–H and O–H groups in total. The molecule has 4 nitrogen and oxygen atoms in total. The Hall–Kier alpha value is -1.36. The van der Waals surface area contributed by atoms with Gasteiger partial charge in [-0.15, -0.1) is 0 Å². The maximum atomic E-state index is 10.2. The Bertz CT molecular complexity index is 524. The van der Waals surface area contributed by atoms with Gasteiger partial charge in [0.1, 0.15) is 5.82 Å². The van der Waals surface area contributed by atoms with Crippen molar-refractivity contribution in [3.63, 3.8) is 0 Å². The Balaban J connectivity index is 1.93. The van der Waals surface area contributed by atoms with Crippen LogP contribution in [0.15, 0.2) is 36.7 Å². The summed E-state index contributed by atoms with van der Waals surface area (Å²) in [6, 6.07) is 7.28. The van der Waals surface area contributed by atoms with E-state index in [2.05, 4.69) is 4.98 Å². The highest BCUT2D eigenvalue weighted by Crippen LogP contribution is 2.17. The molecule has 0 fully saturated rings. The second kappa shape index (κ2) is 6.19. The van der Waals surface area contributed by atoms with Crippen molar-refractivity contribution in [2.24, 2.45) is 7.05 Å². The van der Waals surface area contributed by atoms with Crippen LogP contribution in [0.1, 0.15) is 17.5 Å². The average molecular weight is 280 g/mol. The predicted octanol–water partition coefficient (Wildman–Crippen LogP) is 2.24. The monoisotopic (exact) mass is 279 g/mol. The lowest BCUT2D eigenvalue weighted by Crippen LogP contribution is -2.25. The molecule has 0 aliphatic carbocycles. The van der Waals surface area contributed by atoms with E-state index in [-0.39, 0.29) is 0 Å². The number of likely N-dealkylation sites (N-methyl/N-ethyl adjacent to an activating group) is 1. The van der Waals surface area contributed by atoms with E-state index in [1.807, 2.05) is 41.9 Å². The number of nitrogens with zero attached hydrogens (tertiary/aromatic N) is 3. The molecule has 0 amide bonds. The fourth-order valence-corrected chi connectivity index (χ4v) is 2.07. The lowest BCUT2D eigenvalue weighted by Gasteiger charge is -2.20. The first-order chi connectivity index (χ1) is 9.06. The van der Waals surface area contributed by atoms with Crippen molar-refractivity contribution in [1.29, 1.82) is 0 Å². The minimum Gasteiger partial charge on any atom is -0.387 e. The van der Waals surface area contributed by atoms with Crippen molar-refractivity contribution < 1.29 is 5.11 Å². The molecule has 0 aliphatic rings. The number of imidazole rings is 1. The van der Waals surface area contributed by atoms with E-state index in [9.17, 15) is 5.11 Å². The Kier molecular flexibility index (Phi) is 4.58. The molecule has 0 radical (unpaired) electrons. The smallest absolute Gasteiger partial charge is 0.122 e. The third-order valence-electron chi connectivity index (χ3n) is 3.07. The third-order valence-corrected chi connectivity index (χ3v) is 3.32. The molecular formula is C14H18ClN3O. The van der Waals surface area contributed by atoms with E-state index in [1.165, 1.54) is 0 Å². The van der Waals surface area contributed by atoms with Crippen molar-refractivity contribution >= 4 is 11.6 Å². The average Bonchev–Trinajstić information content (AvgIpc) is 2.75. The number of halogens is 1. The van der Waals surface area contributed by atoms with E-state index in [4.69, 9.17) is 11.6 Å². The van der Waals surface area contributed by atoms with Gasteiger partial charge in [-0.25, -0.2) is 4.98 Å². The van der Waals surface area contributed by atoms with Gasteiger partial charge in [-0.05, 0) is 24.7 Å². The van der Waals surface area contributed by atoms with Gasteiger partial charge in [0.15, 0.2) is 0 Å². The molecule has 0 spiro atoms. The summed E-state index contributed by atoms with van der Waals surface area (Å²) in [6.45, 7) is 1.25. The van der Waals surface area contributed by atoms with Gasteiger partial charge < -0.3 is 9.67 Å². The maximum absolute atomic E-state index is 10.2. The molecule has 0 aliphatic heterocycles. The van der Waals surface area contributed by atoms with Crippen LogP contribution in [-0.2, 0) is 13.6 Å². The number of aliphatic hydroxyl groups excluding tert-OH is 1. The minimum atomic E-state index is -0.525. The zero-order valence-electron chi connectivity index (χ0n) is 11.1. The van der Waals surface area contributed by atoms with Crippen LogP contribution in [0.2, 0.25) is 5.02 Å². The molecule has 1 unspecified atom stereocenters.